The van der Waals surface area contributed by atoms with Gasteiger partial charge in [0.2, 0.25) is 5.72 Å². The maximum absolute atomic E-state index is 6.77. The lowest BCUT2D eigenvalue weighted by Gasteiger charge is -2.50. The van der Waals surface area contributed by atoms with Crippen molar-refractivity contribution in [3.8, 4) is 17.2 Å². The quantitative estimate of drug-likeness (QED) is 0.845. The number of rotatable bonds is 4. The molecule has 0 amide bonds. The fraction of sp³-hybridized carbons (Fsp3) is 0.458. The summed E-state index contributed by atoms with van der Waals surface area (Å²) in [7, 11) is 3.41. The van der Waals surface area contributed by atoms with Crippen LogP contribution in [0.2, 0.25) is 0 Å². The van der Waals surface area contributed by atoms with Gasteiger partial charge >= 0.3 is 0 Å². The monoisotopic (exact) mass is 408 g/mol. The molecule has 158 valence electrons. The molecule has 1 saturated heterocycles. The molecule has 0 bridgehead atoms. The predicted octanol–water partition coefficient (Wildman–Crippen LogP) is 2.64. The normalized spacial score (nSPS) is 27.2. The Morgan fingerprint density at radius 3 is 2.53 bits per heavy atom. The Labute approximate surface area is 178 Å². The molecule has 0 aromatic heterocycles. The van der Waals surface area contributed by atoms with Crippen molar-refractivity contribution < 1.29 is 19.1 Å². The van der Waals surface area contributed by atoms with Crippen LogP contribution in [0.3, 0.4) is 0 Å². The van der Waals surface area contributed by atoms with E-state index in [0.29, 0.717) is 0 Å². The number of hydrogen-bond donors (Lipinski definition) is 1. The van der Waals surface area contributed by atoms with Crippen LogP contribution in [0.1, 0.15) is 43.4 Å². The second-order valence-corrected chi connectivity index (χ2v) is 8.37. The summed E-state index contributed by atoms with van der Waals surface area (Å²) in [5.41, 5.74) is 3.00. The van der Waals surface area contributed by atoms with Gasteiger partial charge in [-0.1, -0.05) is 12.1 Å². The van der Waals surface area contributed by atoms with Gasteiger partial charge in [0.25, 0.3) is 0 Å². The minimum atomic E-state index is -0.404. The molecule has 0 radical (unpaired) electrons. The summed E-state index contributed by atoms with van der Waals surface area (Å²) in [6.07, 6.45) is 2.79. The van der Waals surface area contributed by atoms with Crippen molar-refractivity contribution in [2.24, 2.45) is 5.10 Å². The number of ether oxygens (including phenoxy) is 3. The van der Waals surface area contributed by atoms with E-state index in [1.807, 2.05) is 24.3 Å². The molecule has 6 heteroatoms. The maximum atomic E-state index is 6.77. The molecule has 3 heterocycles. The van der Waals surface area contributed by atoms with E-state index in [9.17, 15) is 0 Å². The zero-order valence-corrected chi connectivity index (χ0v) is 18.0. The maximum Gasteiger partial charge on any atom is 0.209 e. The predicted molar refractivity (Wildman–Crippen MR) is 116 cm³/mol. The van der Waals surface area contributed by atoms with Crippen molar-refractivity contribution in [2.45, 2.75) is 38.0 Å². The van der Waals surface area contributed by atoms with Gasteiger partial charge in [-0.05, 0) is 42.8 Å². The summed E-state index contributed by atoms with van der Waals surface area (Å²) in [4.78, 5) is 1.63. The van der Waals surface area contributed by atoms with Gasteiger partial charge in [0, 0.05) is 12.0 Å². The summed E-state index contributed by atoms with van der Waals surface area (Å²) < 4.78 is 17.8. The summed E-state index contributed by atoms with van der Waals surface area (Å²) >= 11 is 0. The number of nitrogens with one attached hydrogen (secondary N) is 1. The highest BCUT2D eigenvalue weighted by atomic mass is 16.5. The molecule has 1 N–H and O–H groups in total. The van der Waals surface area contributed by atoms with Crippen LogP contribution in [0.5, 0.6) is 17.2 Å². The molecule has 6 nitrogen and oxygen atoms in total. The smallest absolute Gasteiger partial charge is 0.209 e. The Hall–Kier alpha value is -2.73. The van der Waals surface area contributed by atoms with Crippen LogP contribution in [0.4, 0.5) is 0 Å². The van der Waals surface area contributed by atoms with Crippen LogP contribution < -0.4 is 19.1 Å². The van der Waals surface area contributed by atoms with Crippen molar-refractivity contribution >= 4 is 5.71 Å². The summed E-state index contributed by atoms with van der Waals surface area (Å²) in [5.74, 6) is 2.57. The first-order valence-corrected chi connectivity index (χ1v) is 10.9. The van der Waals surface area contributed by atoms with Crippen molar-refractivity contribution in [3.05, 3.63) is 53.6 Å². The number of methoxy groups -OCH3 is 2. The van der Waals surface area contributed by atoms with Crippen LogP contribution in [0, 0.1) is 0 Å². The molecule has 2 aromatic carbocycles. The lowest BCUT2D eigenvalue weighted by atomic mass is 9.90. The molecule has 3 aliphatic rings. The molecule has 3 aliphatic heterocycles. The zero-order chi connectivity index (χ0) is 20.7. The SMILES string of the molecule is CC[NH+]1CCC2(CC1)Oc1c(OC)cccc1[C@@H]1CC(c3ccc(OC)cc3)=NN12. The van der Waals surface area contributed by atoms with Crippen molar-refractivity contribution in [1.82, 2.24) is 5.01 Å². The van der Waals surface area contributed by atoms with Gasteiger partial charge in [-0.25, -0.2) is 5.01 Å². The number of quaternary nitrogens is 1. The Morgan fingerprint density at radius 2 is 1.87 bits per heavy atom. The van der Waals surface area contributed by atoms with E-state index in [0.717, 1.165) is 73.0 Å². The molecule has 5 rings (SSSR count). The van der Waals surface area contributed by atoms with E-state index in [-0.39, 0.29) is 6.04 Å². The summed E-state index contributed by atoms with van der Waals surface area (Å²) in [6.45, 7) is 5.60. The third-order valence-electron chi connectivity index (χ3n) is 6.87. The highest BCUT2D eigenvalue weighted by Gasteiger charge is 2.53. The molecule has 1 atom stereocenters. The van der Waals surface area contributed by atoms with Crippen molar-refractivity contribution in [3.63, 3.8) is 0 Å². The number of hydrazone groups is 1. The largest absolute Gasteiger partial charge is 0.497 e. The van der Waals surface area contributed by atoms with Gasteiger partial charge in [-0.2, -0.15) is 5.10 Å². The highest BCUT2D eigenvalue weighted by molar-refractivity contribution is 6.02. The van der Waals surface area contributed by atoms with Crippen LogP contribution in [0.25, 0.3) is 0 Å². The van der Waals surface area contributed by atoms with Crippen LogP contribution in [-0.4, -0.2) is 50.3 Å². The minimum absolute atomic E-state index is 0.170. The lowest BCUT2D eigenvalue weighted by Crippen LogP contribution is -3.13. The first-order chi connectivity index (χ1) is 14.7. The van der Waals surface area contributed by atoms with E-state index >= 15 is 0 Å². The number of para-hydroxylation sites is 1. The first-order valence-electron chi connectivity index (χ1n) is 10.9. The third-order valence-corrected chi connectivity index (χ3v) is 6.87. The minimum Gasteiger partial charge on any atom is -0.497 e. The van der Waals surface area contributed by atoms with Crippen molar-refractivity contribution in [2.75, 3.05) is 33.9 Å². The molecular weight excluding hydrogens is 378 g/mol. The van der Waals surface area contributed by atoms with Gasteiger partial charge in [0.1, 0.15) is 5.75 Å². The second kappa shape index (κ2) is 7.51. The Morgan fingerprint density at radius 1 is 1.10 bits per heavy atom. The topological polar surface area (TPSA) is 47.7 Å². The fourth-order valence-corrected chi connectivity index (χ4v) is 5.07. The van der Waals surface area contributed by atoms with Gasteiger partial charge in [-0.15, -0.1) is 0 Å². The first kappa shape index (κ1) is 19.2. The Kier molecular flexibility index (Phi) is 4.82. The summed E-state index contributed by atoms with van der Waals surface area (Å²) in [6, 6.07) is 14.6. The molecule has 1 fully saturated rings. The van der Waals surface area contributed by atoms with E-state index in [1.54, 1.807) is 19.1 Å². The van der Waals surface area contributed by atoms with E-state index in [4.69, 9.17) is 19.3 Å². The highest BCUT2D eigenvalue weighted by Crippen LogP contribution is 2.52. The number of fused-ring (bicyclic) bond motifs is 4. The lowest BCUT2D eigenvalue weighted by molar-refractivity contribution is -0.906. The zero-order valence-electron chi connectivity index (χ0n) is 18.0. The molecule has 1 spiro atoms. The van der Waals surface area contributed by atoms with Gasteiger partial charge in [-0.3, -0.25) is 0 Å². The fourth-order valence-electron chi connectivity index (χ4n) is 5.07. The molecular formula is C24H30N3O3+. The van der Waals surface area contributed by atoms with Crippen LogP contribution >= 0.6 is 0 Å². The van der Waals surface area contributed by atoms with Gasteiger partial charge in [0.15, 0.2) is 11.5 Å². The van der Waals surface area contributed by atoms with Gasteiger partial charge < -0.3 is 19.1 Å². The molecule has 0 saturated carbocycles. The second-order valence-electron chi connectivity index (χ2n) is 8.37. The van der Waals surface area contributed by atoms with E-state index in [1.165, 1.54) is 0 Å². The van der Waals surface area contributed by atoms with Crippen LogP contribution in [0.15, 0.2) is 47.6 Å². The van der Waals surface area contributed by atoms with Gasteiger partial charge in [0.05, 0.1) is 58.4 Å². The Balaban J connectivity index is 1.55. The molecule has 30 heavy (non-hydrogen) atoms. The molecule has 0 unspecified atom stereocenters. The molecule has 0 aliphatic carbocycles. The number of piperidine rings is 1. The number of likely N-dealkylation sites (tertiary alicyclic amines) is 1. The number of benzene rings is 2. The Bertz CT molecular complexity index is 949. The molecule has 2 aromatic rings. The third kappa shape index (κ3) is 3.01. The van der Waals surface area contributed by atoms with Crippen LogP contribution in [-0.2, 0) is 0 Å². The summed E-state index contributed by atoms with van der Waals surface area (Å²) in [5, 5.41) is 7.42. The number of hydrogen-bond acceptors (Lipinski definition) is 5. The standard InChI is InChI=1S/C24H29N3O3/c1-4-26-14-12-24(13-15-26)27-21(19-6-5-7-22(29-3)23(19)30-24)16-20(25-27)17-8-10-18(28-2)11-9-17/h5-11,21H,4,12-16H2,1-3H3/p+1/t21-/m0/s1. The average Bonchev–Trinajstić information content (AvgIpc) is 3.26. The van der Waals surface area contributed by atoms with E-state index in [2.05, 4.69) is 30.1 Å². The van der Waals surface area contributed by atoms with Crippen molar-refractivity contribution in [1.29, 1.82) is 0 Å². The number of nitrogens with zero attached hydrogens (tertiary/aromatic N) is 2. The average molecular weight is 409 g/mol. The van der Waals surface area contributed by atoms with E-state index < -0.39 is 5.72 Å².